The molecule has 2 atom stereocenters. The topological polar surface area (TPSA) is 42.2 Å². The molecule has 2 aromatic heterocycles. The van der Waals surface area contributed by atoms with Gasteiger partial charge in [0.1, 0.15) is 5.82 Å². The minimum absolute atomic E-state index is 0.187. The average molecular weight is 220 g/mol. The third-order valence-electron chi connectivity index (χ3n) is 3.08. The maximum Gasteiger partial charge on any atom is 0.160 e. The Bertz CT molecular complexity index is 522. The lowest BCUT2D eigenvalue weighted by atomic mass is 10.2. The van der Waals surface area contributed by atoms with E-state index in [1.54, 1.807) is 10.5 Å². The van der Waals surface area contributed by atoms with Gasteiger partial charge in [-0.25, -0.2) is 4.39 Å². The van der Waals surface area contributed by atoms with Gasteiger partial charge in [-0.15, -0.1) is 10.2 Å². The molecule has 0 spiro atoms. The van der Waals surface area contributed by atoms with Crippen molar-refractivity contribution in [1.29, 1.82) is 0 Å². The van der Waals surface area contributed by atoms with E-state index in [-0.39, 0.29) is 11.9 Å². The van der Waals surface area contributed by atoms with Gasteiger partial charge in [0.2, 0.25) is 0 Å². The number of hydrogen-bond acceptors (Lipinski definition) is 3. The highest BCUT2D eigenvalue weighted by molar-refractivity contribution is 5.38. The first-order chi connectivity index (χ1) is 7.74. The fraction of sp³-hybridized carbons (Fsp3) is 0.455. The van der Waals surface area contributed by atoms with Gasteiger partial charge in [0.05, 0.1) is 6.04 Å². The van der Waals surface area contributed by atoms with Crippen molar-refractivity contribution in [3.63, 3.8) is 0 Å². The zero-order valence-electron chi connectivity index (χ0n) is 9.02. The maximum atomic E-state index is 13.2. The molecule has 1 N–H and O–H groups in total. The van der Waals surface area contributed by atoms with Crippen LogP contribution in [0.2, 0.25) is 0 Å². The van der Waals surface area contributed by atoms with Crippen LogP contribution in [-0.2, 0) is 0 Å². The second-order valence-electron chi connectivity index (χ2n) is 4.33. The molecule has 2 aromatic rings. The lowest BCUT2D eigenvalue weighted by Gasteiger charge is -2.09. The summed E-state index contributed by atoms with van der Waals surface area (Å²) in [5.74, 6) is 0.540. The first-order valence-electron chi connectivity index (χ1n) is 5.50. The van der Waals surface area contributed by atoms with Crippen LogP contribution in [0.15, 0.2) is 18.3 Å². The van der Waals surface area contributed by atoms with Crippen LogP contribution < -0.4 is 5.32 Å². The predicted octanol–water partition coefficient (Wildman–Crippen LogP) is 1.68. The zero-order valence-corrected chi connectivity index (χ0v) is 9.02. The molecule has 0 radical (unpaired) electrons. The van der Waals surface area contributed by atoms with Gasteiger partial charge in [-0.3, -0.25) is 4.40 Å². The molecule has 5 heteroatoms. The van der Waals surface area contributed by atoms with E-state index in [2.05, 4.69) is 22.4 Å². The van der Waals surface area contributed by atoms with E-state index >= 15 is 0 Å². The van der Waals surface area contributed by atoms with E-state index in [4.69, 9.17) is 0 Å². The fourth-order valence-corrected chi connectivity index (χ4v) is 2.25. The number of fused-ring (bicyclic) bond motifs is 1. The Hall–Kier alpha value is -1.49. The molecule has 0 bridgehead atoms. The number of halogens is 1. The minimum atomic E-state index is -0.264. The maximum absolute atomic E-state index is 13.2. The van der Waals surface area contributed by atoms with Crippen LogP contribution in [0.25, 0.3) is 5.65 Å². The highest BCUT2D eigenvalue weighted by atomic mass is 19.1. The smallest absolute Gasteiger partial charge is 0.160 e. The number of nitrogens with one attached hydrogen (secondary N) is 1. The van der Waals surface area contributed by atoms with Crippen LogP contribution >= 0.6 is 0 Å². The predicted molar refractivity (Wildman–Crippen MR) is 57.5 cm³/mol. The molecule has 0 aliphatic carbocycles. The molecular weight excluding hydrogens is 207 g/mol. The average Bonchev–Trinajstić information content (AvgIpc) is 2.83. The Balaban J connectivity index is 2.06. The van der Waals surface area contributed by atoms with Crippen molar-refractivity contribution < 1.29 is 4.39 Å². The van der Waals surface area contributed by atoms with Crippen LogP contribution in [0.1, 0.15) is 31.6 Å². The van der Waals surface area contributed by atoms with E-state index in [1.165, 1.54) is 12.3 Å². The lowest BCUT2D eigenvalue weighted by molar-refractivity contribution is 0.550. The summed E-state index contributed by atoms with van der Waals surface area (Å²) < 4.78 is 14.9. The van der Waals surface area contributed by atoms with Crippen molar-refractivity contribution in [1.82, 2.24) is 19.9 Å². The third kappa shape index (κ3) is 1.48. The fourth-order valence-electron chi connectivity index (χ4n) is 2.25. The van der Waals surface area contributed by atoms with Crippen LogP contribution in [-0.4, -0.2) is 20.6 Å². The zero-order chi connectivity index (χ0) is 11.1. The molecule has 1 saturated heterocycles. The van der Waals surface area contributed by atoms with Crippen molar-refractivity contribution in [3.05, 3.63) is 30.0 Å². The van der Waals surface area contributed by atoms with E-state index in [0.717, 1.165) is 18.7 Å². The molecule has 0 unspecified atom stereocenters. The van der Waals surface area contributed by atoms with Crippen LogP contribution in [0.5, 0.6) is 0 Å². The van der Waals surface area contributed by atoms with Crippen molar-refractivity contribution in [3.8, 4) is 0 Å². The molecule has 3 rings (SSSR count). The summed E-state index contributed by atoms with van der Waals surface area (Å²) in [7, 11) is 0. The number of pyridine rings is 1. The summed E-state index contributed by atoms with van der Waals surface area (Å²) in [6, 6.07) is 3.72. The molecule has 1 fully saturated rings. The second kappa shape index (κ2) is 3.52. The van der Waals surface area contributed by atoms with Crippen molar-refractivity contribution in [2.75, 3.05) is 0 Å². The van der Waals surface area contributed by atoms with Gasteiger partial charge in [-0.1, -0.05) is 0 Å². The van der Waals surface area contributed by atoms with Crippen LogP contribution in [0, 0.1) is 5.82 Å². The Kier molecular flexibility index (Phi) is 2.14. The van der Waals surface area contributed by atoms with Crippen molar-refractivity contribution in [2.45, 2.75) is 31.8 Å². The van der Waals surface area contributed by atoms with Crippen molar-refractivity contribution in [2.24, 2.45) is 0 Å². The summed E-state index contributed by atoms with van der Waals surface area (Å²) in [5.41, 5.74) is 0.692. The van der Waals surface area contributed by atoms with Gasteiger partial charge in [-0.2, -0.15) is 0 Å². The van der Waals surface area contributed by atoms with Crippen molar-refractivity contribution >= 4 is 5.65 Å². The molecule has 4 nitrogen and oxygen atoms in total. The third-order valence-corrected chi connectivity index (χ3v) is 3.08. The highest BCUT2D eigenvalue weighted by Crippen LogP contribution is 2.25. The van der Waals surface area contributed by atoms with Crippen LogP contribution in [0.3, 0.4) is 0 Å². The molecule has 0 aromatic carbocycles. The summed E-state index contributed by atoms with van der Waals surface area (Å²) in [4.78, 5) is 0. The molecule has 0 amide bonds. The Morgan fingerprint density at radius 2 is 2.25 bits per heavy atom. The minimum Gasteiger partial charge on any atom is -0.305 e. The Morgan fingerprint density at radius 1 is 1.38 bits per heavy atom. The first kappa shape index (κ1) is 9.72. The van der Waals surface area contributed by atoms with E-state index in [0.29, 0.717) is 11.7 Å². The molecule has 16 heavy (non-hydrogen) atoms. The molecule has 84 valence electrons. The van der Waals surface area contributed by atoms with E-state index in [9.17, 15) is 4.39 Å². The SMILES string of the molecule is C[C@H]1CC[C@@H](c2nnc3ccc(F)cn23)N1. The van der Waals surface area contributed by atoms with Gasteiger partial charge in [-0.05, 0) is 31.9 Å². The number of rotatable bonds is 1. The summed E-state index contributed by atoms with van der Waals surface area (Å²) in [5, 5.41) is 11.6. The molecule has 3 heterocycles. The number of hydrogen-bond donors (Lipinski definition) is 1. The first-order valence-corrected chi connectivity index (χ1v) is 5.50. The molecule has 0 saturated carbocycles. The van der Waals surface area contributed by atoms with E-state index in [1.807, 2.05) is 0 Å². The van der Waals surface area contributed by atoms with Gasteiger partial charge in [0.15, 0.2) is 11.5 Å². The molecular formula is C11H13FN4. The van der Waals surface area contributed by atoms with Gasteiger partial charge >= 0.3 is 0 Å². The van der Waals surface area contributed by atoms with E-state index < -0.39 is 0 Å². The highest BCUT2D eigenvalue weighted by Gasteiger charge is 2.25. The summed E-state index contributed by atoms with van der Waals surface area (Å²) >= 11 is 0. The lowest BCUT2D eigenvalue weighted by Crippen LogP contribution is -2.22. The quantitative estimate of drug-likeness (QED) is 0.795. The standard InChI is InChI=1S/C11H13FN4/c1-7-2-4-9(13-7)11-15-14-10-5-3-8(12)6-16(10)11/h3,5-7,9,13H,2,4H2,1H3/t7-,9-/m0/s1. The number of aromatic nitrogens is 3. The largest absolute Gasteiger partial charge is 0.305 e. The van der Waals surface area contributed by atoms with Gasteiger partial charge < -0.3 is 5.32 Å². The van der Waals surface area contributed by atoms with Crippen LogP contribution in [0.4, 0.5) is 4.39 Å². The molecule has 1 aliphatic rings. The number of nitrogens with zero attached hydrogens (tertiary/aromatic N) is 3. The second-order valence-corrected chi connectivity index (χ2v) is 4.33. The normalized spacial score (nSPS) is 25.4. The summed E-state index contributed by atoms with van der Waals surface area (Å²) in [6.45, 7) is 2.14. The Morgan fingerprint density at radius 3 is 3.00 bits per heavy atom. The summed E-state index contributed by atoms with van der Waals surface area (Å²) in [6.07, 6.45) is 3.59. The van der Waals surface area contributed by atoms with Gasteiger partial charge in [0, 0.05) is 12.2 Å². The van der Waals surface area contributed by atoms with Gasteiger partial charge in [0.25, 0.3) is 0 Å². The monoisotopic (exact) mass is 220 g/mol. The molecule has 1 aliphatic heterocycles. The Labute approximate surface area is 92.5 Å².